The first-order valence-electron chi connectivity index (χ1n) is 7.81. The molecule has 1 aromatic carbocycles. The fraction of sp³-hybridized carbons (Fsp3) is 0.529. The third-order valence-electron chi connectivity index (χ3n) is 4.09. The Hall–Kier alpha value is -1.91. The summed E-state index contributed by atoms with van der Waals surface area (Å²) in [4.78, 5) is 24.7. The fourth-order valence-electron chi connectivity index (χ4n) is 2.90. The van der Waals surface area contributed by atoms with Gasteiger partial charge in [0.2, 0.25) is 11.8 Å². The number of hydrogen-bond donors (Lipinski definition) is 1. The second-order valence-corrected chi connectivity index (χ2v) is 5.93. The third-order valence-corrected chi connectivity index (χ3v) is 4.09. The first-order valence-corrected chi connectivity index (χ1v) is 7.81. The molecule has 0 aliphatic carbocycles. The number of benzene rings is 1. The highest BCUT2D eigenvalue weighted by atomic mass is 19.1. The molecule has 2 amide bonds. The summed E-state index contributed by atoms with van der Waals surface area (Å²) < 4.78 is 13.2. The second-order valence-electron chi connectivity index (χ2n) is 5.93. The monoisotopic (exact) mass is 306 g/mol. The minimum absolute atomic E-state index is 0.0225. The number of nitrogens with zero attached hydrogens (tertiary/aromatic N) is 1. The van der Waals surface area contributed by atoms with Gasteiger partial charge in [-0.15, -0.1) is 0 Å². The Labute approximate surface area is 130 Å². The number of aryl methyl sites for hydroxylation is 1. The Morgan fingerprint density at radius 1 is 1.41 bits per heavy atom. The molecule has 0 radical (unpaired) electrons. The van der Waals surface area contributed by atoms with Gasteiger partial charge in [-0.05, 0) is 49.3 Å². The zero-order chi connectivity index (χ0) is 15.9. The van der Waals surface area contributed by atoms with Gasteiger partial charge >= 0.3 is 0 Å². The molecule has 1 fully saturated rings. The molecule has 4 nitrogen and oxygen atoms in total. The molecule has 1 N–H and O–H groups in total. The lowest BCUT2D eigenvalue weighted by Crippen LogP contribution is -2.44. The van der Waals surface area contributed by atoms with Crippen molar-refractivity contribution in [3.63, 3.8) is 0 Å². The van der Waals surface area contributed by atoms with Crippen LogP contribution < -0.4 is 5.32 Å². The van der Waals surface area contributed by atoms with E-state index in [1.165, 1.54) is 13.0 Å². The van der Waals surface area contributed by atoms with E-state index in [-0.39, 0.29) is 24.2 Å². The van der Waals surface area contributed by atoms with Crippen LogP contribution in [0, 0.1) is 11.7 Å². The molecule has 0 bridgehead atoms. The van der Waals surface area contributed by atoms with E-state index in [1.807, 2.05) is 11.0 Å². The number of hydrogen-bond acceptors (Lipinski definition) is 2. The van der Waals surface area contributed by atoms with Gasteiger partial charge in [0.25, 0.3) is 0 Å². The van der Waals surface area contributed by atoms with E-state index in [2.05, 4.69) is 5.32 Å². The maximum Gasteiger partial charge on any atom is 0.241 e. The van der Waals surface area contributed by atoms with Crippen molar-refractivity contribution >= 4 is 11.8 Å². The molecule has 1 atom stereocenters. The van der Waals surface area contributed by atoms with Gasteiger partial charge in [0.05, 0.1) is 6.54 Å². The van der Waals surface area contributed by atoms with Gasteiger partial charge < -0.3 is 10.2 Å². The molecule has 0 saturated carbocycles. The van der Waals surface area contributed by atoms with Crippen molar-refractivity contribution < 1.29 is 14.0 Å². The fourth-order valence-corrected chi connectivity index (χ4v) is 2.90. The third kappa shape index (κ3) is 5.13. The highest BCUT2D eigenvalue weighted by Gasteiger charge is 2.23. The van der Waals surface area contributed by atoms with E-state index in [9.17, 15) is 14.0 Å². The number of amides is 2. The Kier molecular flexibility index (Phi) is 5.92. The summed E-state index contributed by atoms with van der Waals surface area (Å²) >= 11 is 0. The van der Waals surface area contributed by atoms with E-state index < -0.39 is 0 Å². The van der Waals surface area contributed by atoms with Gasteiger partial charge in [0, 0.05) is 20.0 Å². The van der Waals surface area contributed by atoms with Crippen molar-refractivity contribution in [1.82, 2.24) is 10.2 Å². The summed E-state index contributed by atoms with van der Waals surface area (Å²) in [5.41, 5.74) is 1.00. The molecular weight excluding hydrogens is 283 g/mol. The van der Waals surface area contributed by atoms with Gasteiger partial charge in [0.15, 0.2) is 0 Å². The SMILES string of the molecule is CC(=O)NCC(=O)N1CCCC(CCc2cccc(F)c2)C1. The van der Waals surface area contributed by atoms with Gasteiger partial charge in [-0.25, -0.2) is 4.39 Å². The topological polar surface area (TPSA) is 49.4 Å². The molecule has 1 aromatic rings. The molecule has 5 heteroatoms. The zero-order valence-corrected chi connectivity index (χ0v) is 13.0. The van der Waals surface area contributed by atoms with Crippen molar-refractivity contribution in [1.29, 1.82) is 0 Å². The van der Waals surface area contributed by atoms with Crippen LogP contribution >= 0.6 is 0 Å². The van der Waals surface area contributed by atoms with Crippen LogP contribution in [-0.2, 0) is 16.0 Å². The molecule has 0 aromatic heterocycles. The highest BCUT2D eigenvalue weighted by Crippen LogP contribution is 2.21. The van der Waals surface area contributed by atoms with Crippen molar-refractivity contribution in [2.75, 3.05) is 19.6 Å². The van der Waals surface area contributed by atoms with Crippen LogP contribution in [0.15, 0.2) is 24.3 Å². The maximum atomic E-state index is 13.2. The van der Waals surface area contributed by atoms with Crippen LogP contribution in [0.4, 0.5) is 4.39 Å². The summed E-state index contributed by atoms with van der Waals surface area (Å²) in [5.74, 6) is 0.0326. The van der Waals surface area contributed by atoms with Crippen molar-refractivity contribution in [3.8, 4) is 0 Å². The standard InChI is InChI=1S/C17H23FN2O2/c1-13(21)19-11-17(22)20-9-3-5-15(12-20)8-7-14-4-2-6-16(18)10-14/h2,4,6,10,15H,3,5,7-9,11-12H2,1H3,(H,19,21). The van der Waals surface area contributed by atoms with E-state index in [1.54, 1.807) is 12.1 Å². The van der Waals surface area contributed by atoms with Gasteiger partial charge in [0.1, 0.15) is 5.82 Å². The minimum atomic E-state index is -0.201. The van der Waals surface area contributed by atoms with E-state index in [0.29, 0.717) is 5.92 Å². The Morgan fingerprint density at radius 3 is 2.95 bits per heavy atom. The van der Waals surface area contributed by atoms with Crippen LogP contribution in [0.3, 0.4) is 0 Å². The number of likely N-dealkylation sites (tertiary alicyclic amines) is 1. The van der Waals surface area contributed by atoms with Crippen LogP contribution in [0.25, 0.3) is 0 Å². The summed E-state index contributed by atoms with van der Waals surface area (Å²) in [6.45, 7) is 2.97. The quantitative estimate of drug-likeness (QED) is 0.906. The average molecular weight is 306 g/mol. The Balaban J connectivity index is 1.80. The number of piperidine rings is 1. The summed E-state index contributed by atoms with van der Waals surface area (Å²) in [6.07, 6.45) is 3.86. The Bertz CT molecular complexity index is 533. The highest BCUT2D eigenvalue weighted by molar-refractivity contribution is 5.83. The molecule has 22 heavy (non-hydrogen) atoms. The Morgan fingerprint density at radius 2 is 2.23 bits per heavy atom. The number of carbonyl (C=O) groups is 2. The first kappa shape index (κ1) is 16.5. The van der Waals surface area contributed by atoms with Gasteiger partial charge in [-0.3, -0.25) is 9.59 Å². The van der Waals surface area contributed by atoms with Crippen molar-refractivity contribution in [3.05, 3.63) is 35.6 Å². The van der Waals surface area contributed by atoms with Crippen LogP contribution in [-0.4, -0.2) is 36.3 Å². The first-order chi connectivity index (χ1) is 10.5. The largest absolute Gasteiger partial charge is 0.347 e. The van der Waals surface area contributed by atoms with Crippen LogP contribution in [0.5, 0.6) is 0 Å². The van der Waals surface area contributed by atoms with Crippen molar-refractivity contribution in [2.45, 2.75) is 32.6 Å². The number of rotatable bonds is 5. The molecule has 0 spiro atoms. The normalized spacial score (nSPS) is 18.1. The molecule has 1 unspecified atom stereocenters. The molecule has 2 rings (SSSR count). The number of carbonyl (C=O) groups excluding carboxylic acids is 2. The van der Waals surface area contributed by atoms with Gasteiger partial charge in [-0.2, -0.15) is 0 Å². The molecular formula is C17H23FN2O2. The van der Waals surface area contributed by atoms with E-state index >= 15 is 0 Å². The van der Waals surface area contributed by atoms with Crippen LogP contribution in [0.2, 0.25) is 0 Å². The lowest BCUT2D eigenvalue weighted by atomic mass is 9.91. The lowest BCUT2D eigenvalue weighted by Gasteiger charge is -2.33. The molecule has 1 aliphatic rings. The predicted molar refractivity (Wildman–Crippen MR) is 82.7 cm³/mol. The average Bonchev–Trinajstić information content (AvgIpc) is 2.51. The van der Waals surface area contributed by atoms with Crippen molar-refractivity contribution in [2.24, 2.45) is 5.92 Å². The smallest absolute Gasteiger partial charge is 0.241 e. The zero-order valence-electron chi connectivity index (χ0n) is 13.0. The minimum Gasteiger partial charge on any atom is -0.347 e. The summed E-state index contributed by atoms with van der Waals surface area (Å²) in [7, 11) is 0. The van der Waals surface area contributed by atoms with E-state index in [4.69, 9.17) is 0 Å². The number of nitrogens with one attached hydrogen (secondary N) is 1. The van der Waals surface area contributed by atoms with Crippen LogP contribution in [0.1, 0.15) is 31.7 Å². The molecule has 120 valence electrons. The lowest BCUT2D eigenvalue weighted by molar-refractivity contribution is -0.134. The maximum absolute atomic E-state index is 13.2. The molecule has 1 aliphatic heterocycles. The number of halogens is 1. The second kappa shape index (κ2) is 7.92. The molecule has 1 saturated heterocycles. The molecule has 1 heterocycles. The van der Waals surface area contributed by atoms with Gasteiger partial charge in [-0.1, -0.05) is 12.1 Å². The predicted octanol–water partition coefficient (Wildman–Crippen LogP) is 2.13. The summed E-state index contributed by atoms with van der Waals surface area (Å²) in [5, 5.41) is 2.55. The summed E-state index contributed by atoms with van der Waals surface area (Å²) in [6, 6.07) is 6.69. The van der Waals surface area contributed by atoms with E-state index in [0.717, 1.165) is 44.3 Å².